The van der Waals surface area contributed by atoms with Crippen LogP contribution in [-0.4, -0.2) is 84.2 Å². The van der Waals surface area contributed by atoms with Gasteiger partial charge in [-0.1, -0.05) is 6.07 Å². The van der Waals surface area contributed by atoms with Crippen molar-refractivity contribution < 1.29 is 36.3 Å². The summed E-state index contributed by atoms with van der Waals surface area (Å²) in [4.78, 5) is 27.3. The van der Waals surface area contributed by atoms with Crippen LogP contribution in [0.3, 0.4) is 0 Å². The molecule has 2 saturated heterocycles. The van der Waals surface area contributed by atoms with Crippen LogP contribution in [0, 0.1) is 5.92 Å². The number of hydrogen-bond acceptors (Lipinski definition) is 6. The minimum atomic E-state index is -5.08. The van der Waals surface area contributed by atoms with Crippen LogP contribution in [-0.2, 0) is 26.2 Å². The molecule has 1 aromatic heterocycles. The second-order valence-corrected chi connectivity index (χ2v) is 9.03. The van der Waals surface area contributed by atoms with E-state index in [1.54, 1.807) is 13.2 Å². The standard InChI is InChI=1S/C15H22N4O3S.C2HF3O2/c1-16-15(20)13-6-12-9-18(8-11-4-3-5-17-7-11)10-14(12)19(13)23(2,21)22;3-2(4,5)1(6)7/h3-5,7,12-14H,6,8-10H2,1-2H3,(H,16,20);(H,6,7)/t12-,13-,14+;/m1./s1. The van der Waals surface area contributed by atoms with Crippen molar-refractivity contribution in [3.63, 3.8) is 0 Å². The van der Waals surface area contributed by atoms with E-state index in [4.69, 9.17) is 9.90 Å². The van der Waals surface area contributed by atoms with E-state index in [1.807, 2.05) is 18.3 Å². The van der Waals surface area contributed by atoms with Crippen molar-refractivity contribution >= 4 is 21.9 Å². The third-order valence-corrected chi connectivity index (χ3v) is 6.24. The summed E-state index contributed by atoms with van der Waals surface area (Å²) >= 11 is 0. The highest BCUT2D eigenvalue weighted by molar-refractivity contribution is 7.88. The van der Waals surface area contributed by atoms with Gasteiger partial charge in [0.25, 0.3) is 0 Å². The van der Waals surface area contributed by atoms with Crippen LogP contribution < -0.4 is 5.32 Å². The highest BCUT2D eigenvalue weighted by Crippen LogP contribution is 2.37. The van der Waals surface area contributed by atoms with E-state index in [9.17, 15) is 26.4 Å². The number of aromatic nitrogens is 1. The van der Waals surface area contributed by atoms with Gasteiger partial charge in [0.05, 0.1) is 6.26 Å². The zero-order chi connectivity index (χ0) is 22.7. The maximum Gasteiger partial charge on any atom is 0.490 e. The number of carbonyl (C=O) groups is 2. The molecule has 30 heavy (non-hydrogen) atoms. The summed E-state index contributed by atoms with van der Waals surface area (Å²) in [5.41, 5.74) is 1.11. The predicted octanol–water partition coefficient (Wildman–Crippen LogP) is 0.295. The SMILES string of the molecule is CNC(=O)[C@H]1C[C@@H]2CN(Cc3cccnc3)C[C@@H]2N1S(C)(=O)=O.O=C(O)C(F)(F)F. The fourth-order valence-corrected chi connectivity index (χ4v) is 5.20. The largest absolute Gasteiger partial charge is 0.490 e. The predicted molar refractivity (Wildman–Crippen MR) is 99.6 cm³/mol. The molecule has 1 aromatic rings. The Morgan fingerprint density at radius 1 is 1.33 bits per heavy atom. The molecule has 3 atom stereocenters. The second-order valence-electron chi connectivity index (χ2n) is 7.14. The number of fused-ring (bicyclic) bond motifs is 1. The lowest BCUT2D eigenvalue weighted by Gasteiger charge is -2.27. The number of pyridine rings is 1. The van der Waals surface area contributed by atoms with Crippen LogP contribution >= 0.6 is 0 Å². The Morgan fingerprint density at radius 2 is 1.97 bits per heavy atom. The van der Waals surface area contributed by atoms with Crippen LogP contribution in [0.4, 0.5) is 13.2 Å². The molecule has 0 spiro atoms. The molecule has 0 unspecified atom stereocenters. The molecule has 2 N–H and O–H groups in total. The molecule has 9 nitrogen and oxygen atoms in total. The number of likely N-dealkylation sites (tertiary alicyclic amines) is 1. The van der Waals surface area contributed by atoms with Gasteiger partial charge in [-0.15, -0.1) is 0 Å². The molecule has 0 aliphatic carbocycles. The number of carboxylic acid groups (broad SMARTS) is 1. The van der Waals surface area contributed by atoms with Crippen molar-refractivity contribution in [3.8, 4) is 0 Å². The topological polar surface area (TPSA) is 120 Å². The Labute approximate surface area is 171 Å². The van der Waals surface area contributed by atoms with Crippen LogP contribution in [0.15, 0.2) is 24.5 Å². The van der Waals surface area contributed by atoms with Gasteiger partial charge >= 0.3 is 12.1 Å². The molecule has 3 heterocycles. The van der Waals surface area contributed by atoms with Gasteiger partial charge in [0, 0.05) is 45.1 Å². The fraction of sp³-hybridized carbons (Fsp3) is 0.588. The van der Waals surface area contributed by atoms with Crippen molar-refractivity contribution in [3.05, 3.63) is 30.1 Å². The van der Waals surface area contributed by atoms with E-state index in [-0.39, 0.29) is 17.9 Å². The first-order chi connectivity index (χ1) is 13.8. The molecule has 1 amide bonds. The van der Waals surface area contributed by atoms with Gasteiger partial charge in [0.2, 0.25) is 15.9 Å². The Balaban J connectivity index is 0.000000396. The maximum atomic E-state index is 12.2. The number of nitrogens with zero attached hydrogens (tertiary/aromatic N) is 3. The number of likely N-dealkylation sites (N-methyl/N-ethyl adjacent to an activating group) is 1. The number of hydrogen-bond donors (Lipinski definition) is 2. The summed E-state index contributed by atoms with van der Waals surface area (Å²) in [6.45, 7) is 2.21. The highest BCUT2D eigenvalue weighted by atomic mass is 32.2. The third kappa shape index (κ3) is 5.89. The molecular weight excluding hydrogens is 429 g/mol. The van der Waals surface area contributed by atoms with Crippen LogP contribution in [0.2, 0.25) is 0 Å². The number of sulfonamides is 1. The molecule has 3 rings (SSSR count). The first-order valence-electron chi connectivity index (χ1n) is 8.96. The first-order valence-corrected chi connectivity index (χ1v) is 10.8. The number of rotatable bonds is 4. The quantitative estimate of drug-likeness (QED) is 0.674. The van der Waals surface area contributed by atoms with E-state index in [0.29, 0.717) is 13.0 Å². The number of halogens is 3. The van der Waals surface area contributed by atoms with Crippen molar-refractivity contribution in [2.75, 3.05) is 26.4 Å². The van der Waals surface area contributed by atoms with Gasteiger partial charge in [-0.25, -0.2) is 13.2 Å². The summed E-state index contributed by atoms with van der Waals surface area (Å²) in [6, 6.07) is 3.22. The van der Waals surface area contributed by atoms with Crippen molar-refractivity contribution in [2.24, 2.45) is 5.92 Å². The molecule has 2 aliphatic heterocycles. The van der Waals surface area contributed by atoms with Gasteiger partial charge in [0.15, 0.2) is 0 Å². The van der Waals surface area contributed by atoms with E-state index >= 15 is 0 Å². The first kappa shape index (κ1) is 24.0. The monoisotopic (exact) mass is 452 g/mol. The van der Waals surface area contributed by atoms with Gasteiger partial charge in [-0.3, -0.25) is 14.7 Å². The number of carbonyl (C=O) groups excluding carboxylic acids is 1. The van der Waals surface area contributed by atoms with Crippen LogP contribution in [0.25, 0.3) is 0 Å². The van der Waals surface area contributed by atoms with Crippen molar-refractivity contribution in [1.29, 1.82) is 0 Å². The number of aliphatic carboxylic acids is 1. The van der Waals surface area contributed by atoms with Gasteiger partial charge in [-0.2, -0.15) is 17.5 Å². The fourth-order valence-electron chi connectivity index (χ4n) is 3.83. The van der Waals surface area contributed by atoms with Gasteiger partial charge in [0.1, 0.15) is 6.04 Å². The van der Waals surface area contributed by atoms with Crippen molar-refractivity contribution in [2.45, 2.75) is 31.2 Å². The third-order valence-electron chi connectivity index (χ3n) is 4.95. The maximum absolute atomic E-state index is 12.2. The highest BCUT2D eigenvalue weighted by Gasteiger charge is 2.52. The normalized spacial score (nSPS) is 24.6. The number of amides is 1. The lowest BCUT2D eigenvalue weighted by atomic mass is 10.0. The summed E-state index contributed by atoms with van der Waals surface area (Å²) in [7, 11) is -1.88. The molecule has 0 aromatic carbocycles. The van der Waals surface area contributed by atoms with Gasteiger partial charge < -0.3 is 10.4 Å². The van der Waals surface area contributed by atoms with Crippen LogP contribution in [0.5, 0.6) is 0 Å². The average Bonchev–Trinajstić information content (AvgIpc) is 3.17. The second kappa shape index (κ2) is 9.27. The zero-order valence-electron chi connectivity index (χ0n) is 16.3. The zero-order valence-corrected chi connectivity index (χ0v) is 17.2. The Morgan fingerprint density at radius 3 is 2.43 bits per heavy atom. The van der Waals surface area contributed by atoms with E-state index in [0.717, 1.165) is 18.7 Å². The molecule has 168 valence electrons. The summed E-state index contributed by atoms with van der Waals surface area (Å²) in [5.74, 6) is -2.78. The Hall–Kier alpha value is -2.25. The van der Waals surface area contributed by atoms with Gasteiger partial charge in [-0.05, 0) is 24.0 Å². The Bertz CT molecular complexity index is 866. The molecule has 0 bridgehead atoms. The minimum absolute atomic E-state index is 0.121. The molecule has 2 aliphatic rings. The Kier molecular flexibility index (Phi) is 7.42. The number of carboxylic acids is 1. The lowest BCUT2D eigenvalue weighted by molar-refractivity contribution is -0.192. The summed E-state index contributed by atoms with van der Waals surface area (Å²) in [6.07, 6.45) is 0.257. The minimum Gasteiger partial charge on any atom is -0.475 e. The average molecular weight is 452 g/mol. The smallest absolute Gasteiger partial charge is 0.475 e. The van der Waals surface area contributed by atoms with E-state index < -0.39 is 28.2 Å². The molecule has 2 fully saturated rings. The molecule has 0 saturated carbocycles. The number of nitrogens with one attached hydrogen (secondary N) is 1. The van der Waals surface area contributed by atoms with Crippen molar-refractivity contribution in [1.82, 2.24) is 19.5 Å². The molecule has 13 heteroatoms. The molecular formula is C17H23F3N4O5S. The lowest BCUT2D eigenvalue weighted by Crippen LogP contribution is -2.49. The number of alkyl halides is 3. The van der Waals surface area contributed by atoms with E-state index in [2.05, 4.69) is 15.2 Å². The van der Waals surface area contributed by atoms with E-state index in [1.165, 1.54) is 10.6 Å². The summed E-state index contributed by atoms with van der Waals surface area (Å²) in [5, 5.41) is 9.71. The molecule has 0 radical (unpaired) electrons. The van der Waals surface area contributed by atoms with Crippen LogP contribution in [0.1, 0.15) is 12.0 Å². The summed E-state index contributed by atoms with van der Waals surface area (Å²) < 4.78 is 57.5.